The highest BCUT2D eigenvalue weighted by atomic mass is 31.2. The molecule has 0 amide bonds. The number of ether oxygens (including phenoxy) is 2. The Morgan fingerprint density at radius 3 is 0.701 bits per heavy atom. The van der Waals surface area contributed by atoms with Crippen LogP contribution in [0, 0.1) is 0 Å². The van der Waals surface area contributed by atoms with Crippen LogP contribution in [-0.2, 0) is 32.7 Å². The van der Waals surface area contributed by atoms with Crippen LogP contribution in [0.1, 0.15) is 309 Å². The van der Waals surface area contributed by atoms with Crippen LogP contribution in [0.25, 0.3) is 0 Å². The van der Waals surface area contributed by atoms with E-state index in [1.807, 2.05) is 0 Å². The number of aliphatic hydroxyl groups excluding tert-OH is 2. The highest BCUT2D eigenvalue weighted by molar-refractivity contribution is 7.47. The van der Waals surface area contributed by atoms with Crippen molar-refractivity contribution < 1.29 is 47.8 Å². The molecule has 3 unspecified atom stereocenters. The van der Waals surface area contributed by atoms with Gasteiger partial charge in [-0.3, -0.25) is 18.6 Å². The second kappa shape index (κ2) is 52.8. The number of hydrogen-bond acceptors (Lipinski definition) is 9. The molecule has 0 aliphatic carbocycles. The lowest BCUT2D eigenvalue weighted by Crippen LogP contribution is -2.28. The molecule has 10 nitrogen and oxygen atoms in total. The summed E-state index contributed by atoms with van der Waals surface area (Å²) in [6.07, 6.45) is 55.2. The van der Waals surface area contributed by atoms with E-state index in [1.165, 1.54) is 231 Å². The van der Waals surface area contributed by atoms with Crippen molar-refractivity contribution in [1.29, 1.82) is 0 Å². The van der Waals surface area contributed by atoms with Gasteiger partial charge in [-0.1, -0.05) is 284 Å². The molecular weight excluding hydrogens is 864 g/mol. The first-order valence-corrected chi connectivity index (χ1v) is 30.5. The molecule has 0 aliphatic rings. The van der Waals surface area contributed by atoms with Crippen molar-refractivity contribution in [2.24, 2.45) is 0 Å². The molecule has 67 heavy (non-hydrogen) atoms. The second-order valence-corrected chi connectivity index (χ2v) is 21.5. The number of aliphatic hydroxyl groups is 2. The van der Waals surface area contributed by atoms with Gasteiger partial charge < -0.3 is 24.6 Å². The van der Waals surface area contributed by atoms with E-state index in [-0.39, 0.29) is 12.8 Å². The topological polar surface area (TPSA) is 149 Å². The first-order chi connectivity index (χ1) is 32.8. The second-order valence-electron chi connectivity index (χ2n) is 20.0. The van der Waals surface area contributed by atoms with Gasteiger partial charge in [0.1, 0.15) is 12.2 Å². The van der Waals surface area contributed by atoms with Crippen molar-refractivity contribution in [2.75, 3.05) is 26.4 Å². The van der Waals surface area contributed by atoms with Crippen molar-refractivity contribution in [3.63, 3.8) is 0 Å². The Labute approximate surface area is 414 Å². The molecule has 0 saturated heterocycles. The molecule has 0 aromatic rings. The van der Waals surface area contributed by atoms with Crippen LogP contribution in [0.5, 0.6) is 0 Å². The normalized spacial score (nSPS) is 13.4. The monoisotopic (exact) mass is 975 g/mol. The van der Waals surface area contributed by atoms with Crippen LogP contribution in [0.4, 0.5) is 0 Å². The predicted octanol–water partition coefficient (Wildman–Crippen LogP) is 16.9. The summed E-state index contributed by atoms with van der Waals surface area (Å²) in [7, 11) is -4.64. The lowest BCUT2D eigenvalue weighted by molar-refractivity contribution is -0.153. The maximum absolute atomic E-state index is 12.5. The van der Waals surface area contributed by atoms with Gasteiger partial charge in [-0.25, -0.2) is 4.57 Å². The van der Waals surface area contributed by atoms with Crippen molar-refractivity contribution in [3.8, 4) is 0 Å². The van der Waals surface area contributed by atoms with Crippen LogP contribution >= 0.6 is 7.82 Å². The number of hydrogen-bond donors (Lipinski definition) is 3. The van der Waals surface area contributed by atoms with E-state index in [2.05, 4.69) is 13.8 Å². The summed E-state index contributed by atoms with van der Waals surface area (Å²) in [6, 6.07) is 0. The molecule has 0 aliphatic heterocycles. The van der Waals surface area contributed by atoms with Gasteiger partial charge in [-0.15, -0.1) is 0 Å². The molecule has 3 N–H and O–H groups in total. The third-order valence-corrected chi connectivity index (χ3v) is 14.3. The molecule has 0 aromatic carbocycles. The van der Waals surface area contributed by atoms with Gasteiger partial charge in [-0.05, 0) is 12.8 Å². The van der Waals surface area contributed by atoms with Crippen LogP contribution in [0.2, 0.25) is 0 Å². The number of carbonyl (C=O) groups excluding carboxylic acids is 2. The lowest BCUT2D eigenvalue weighted by atomic mass is 10.0. The van der Waals surface area contributed by atoms with Crippen molar-refractivity contribution >= 4 is 19.8 Å². The van der Waals surface area contributed by atoms with E-state index in [0.29, 0.717) is 12.8 Å². The van der Waals surface area contributed by atoms with Crippen LogP contribution < -0.4 is 0 Å². The van der Waals surface area contributed by atoms with Gasteiger partial charge >= 0.3 is 19.8 Å². The minimum absolute atomic E-state index is 0.200. The summed E-state index contributed by atoms with van der Waals surface area (Å²) < 4.78 is 32.8. The number of phosphoric acid groups is 1. The number of esters is 2. The summed E-state index contributed by atoms with van der Waals surface area (Å²) >= 11 is 0. The van der Waals surface area contributed by atoms with Gasteiger partial charge in [0, 0.05) is 12.8 Å². The van der Waals surface area contributed by atoms with E-state index in [1.54, 1.807) is 0 Å². The highest BCUT2D eigenvalue weighted by Crippen LogP contribution is 2.43. The summed E-state index contributed by atoms with van der Waals surface area (Å²) in [4.78, 5) is 34.8. The third-order valence-electron chi connectivity index (χ3n) is 13.3. The minimum atomic E-state index is -4.64. The first kappa shape index (κ1) is 66.0. The van der Waals surface area contributed by atoms with Gasteiger partial charge in [0.25, 0.3) is 0 Å². The van der Waals surface area contributed by atoms with Gasteiger partial charge in [-0.2, -0.15) is 0 Å². The zero-order valence-electron chi connectivity index (χ0n) is 44.2. The van der Waals surface area contributed by atoms with E-state index in [9.17, 15) is 29.3 Å². The van der Waals surface area contributed by atoms with E-state index in [0.717, 1.165) is 38.5 Å². The number of phosphoric ester groups is 1. The van der Waals surface area contributed by atoms with Crippen LogP contribution in [-0.4, -0.2) is 65.7 Å². The summed E-state index contributed by atoms with van der Waals surface area (Å²) in [5, 5.41) is 19.3. The Morgan fingerprint density at radius 1 is 0.343 bits per heavy atom. The molecule has 0 saturated carbocycles. The average Bonchev–Trinajstić information content (AvgIpc) is 3.32. The molecule has 0 heterocycles. The Bertz CT molecular complexity index is 1080. The van der Waals surface area contributed by atoms with Crippen molar-refractivity contribution in [1.82, 2.24) is 0 Å². The molecule has 11 heteroatoms. The maximum atomic E-state index is 12.5. The Kier molecular flexibility index (Phi) is 52.0. The highest BCUT2D eigenvalue weighted by Gasteiger charge is 2.27. The maximum Gasteiger partial charge on any atom is 0.472 e. The van der Waals surface area contributed by atoms with Crippen molar-refractivity contribution in [3.05, 3.63) is 0 Å². The Hall–Kier alpha value is -1.03. The van der Waals surface area contributed by atoms with Crippen molar-refractivity contribution in [2.45, 2.75) is 321 Å². The zero-order valence-corrected chi connectivity index (χ0v) is 45.1. The molecule has 400 valence electrons. The molecular formula is C56H111O10P. The summed E-state index contributed by atoms with van der Waals surface area (Å²) in [5.74, 6) is -0.996. The predicted molar refractivity (Wildman–Crippen MR) is 279 cm³/mol. The smallest absolute Gasteiger partial charge is 0.457 e. The molecule has 0 bridgehead atoms. The molecule has 3 atom stereocenters. The van der Waals surface area contributed by atoms with Gasteiger partial charge in [0.05, 0.1) is 26.4 Å². The fourth-order valence-electron chi connectivity index (χ4n) is 8.89. The SMILES string of the molecule is CCCCCCCCCCCCCCCCCCCCCCCCCC(=O)OC(CO)COP(=O)(O)OCC(CO)OC(=O)CCCCCCCCCCCCCCCCCCCCCCC. The molecule has 0 fully saturated rings. The number of carbonyl (C=O) groups is 2. The largest absolute Gasteiger partial charge is 0.472 e. The summed E-state index contributed by atoms with van der Waals surface area (Å²) in [6.45, 7) is 2.31. The zero-order chi connectivity index (χ0) is 49.0. The van der Waals surface area contributed by atoms with Crippen LogP contribution in [0.15, 0.2) is 0 Å². The average molecular weight is 975 g/mol. The number of rotatable bonds is 56. The Morgan fingerprint density at radius 2 is 0.522 bits per heavy atom. The summed E-state index contributed by atoms with van der Waals surface area (Å²) in [5.41, 5.74) is 0. The fraction of sp³-hybridized carbons (Fsp3) is 0.964. The third kappa shape index (κ3) is 51.1. The standard InChI is InChI=1S/C56H111O10P/c1-3-5-7-9-11-13-15-17-19-21-23-25-26-28-30-32-34-36-38-40-42-44-46-48-56(60)66-54(50-58)52-64-67(61,62)63-51-53(49-57)65-55(59)47-45-43-41-39-37-35-33-31-29-27-24-22-20-18-16-14-12-10-8-6-4-2/h53-54,57-58H,3-52H2,1-2H3,(H,61,62). The molecule has 0 rings (SSSR count). The Balaban J connectivity index is 3.73. The van der Waals surface area contributed by atoms with E-state index >= 15 is 0 Å². The minimum Gasteiger partial charge on any atom is -0.457 e. The molecule has 0 aromatic heterocycles. The first-order valence-electron chi connectivity index (χ1n) is 29.0. The number of unbranched alkanes of at least 4 members (excludes halogenated alkanes) is 42. The van der Waals surface area contributed by atoms with Crippen LogP contribution in [0.3, 0.4) is 0 Å². The molecule has 0 radical (unpaired) electrons. The van der Waals surface area contributed by atoms with Gasteiger partial charge in [0.2, 0.25) is 0 Å². The van der Waals surface area contributed by atoms with E-state index in [4.69, 9.17) is 18.5 Å². The quantitative estimate of drug-likeness (QED) is 0.0305. The fourth-order valence-corrected chi connectivity index (χ4v) is 9.67. The lowest BCUT2D eigenvalue weighted by Gasteiger charge is -2.20. The molecule has 0 spiro atoms. The van der Waals surface area contributed by atoms with Gasteiger partial charge in [0.15, 0.2) is 0 Å². The van der Waals surface area contributed by atoms with E-state index < -0.39 is 58.4 Å².